The maximum atomic E-state index is 12.3. The molecule has 0 aliphatic heterocycles. The number of anilines is 1. The van der Waals surface area contributed by atoms with Crippen LogP contribution < -0.4 is 10.6 Å². The van der Waals surface area contributed by atoms with Crippen LogP contribution in [-0.4, -0.2) is 35.1 Å². The number of aliphatic carboxylic acids is 1. The predicted octanol–water partition coefficient (Wildman–Crippen LogP) is 1.27. The lowest BCUT2D eigenvalue weighted by Gasteiger charge is -2.08. The molecule has 3 N–H and O–H groups in total. The molecule has 1 aromatic heterocycles. The van der Waals surface area contributed by atoms with Gasteiger partial charge in [0.15, 0.2) is 0 Å². The average molecular weight is 303 g/mol. The highest BCUT2D eigenvalue weighted by Gasteiger charge is 2.30. The Morgan fingerprint density at radius 1 is 1.24 bits per heavy atom. The van der Waals surface area contributed by atoms with E-state index >= 15 is 0 Å². The van der Waals surface area contributed by atoms with Gasteiger partial charge in [0, 0.05) is 31.4 Å². The van der Waals surface area contributed by atoms with Crippen LogP contribution in [0.3, 0.4) is 0 Å². The first-order valence-corrected chi connectivity index (χ1v) is 5.75. The van der Waals surface area contributed by atoms with Gasteiger partial charge in [0.2, 0.25) is 5.91 Å². The molecule has 1 amide bonds. The molecular weight excluding hydrogens is 291 g/mol. The Kier molecular flexibility index (Phi) is 5.70. The number of halogens is 3. The van der Waals surface area contributed by atoms with Crippen molar-refractivity contribution in [3.05, 3.63) is 36.0 Å². The first kappa shape index (κ1) is 16.5. The second kappa shape index (κ2) is 7.27. The van der Waals surface area contributed by atoms with E-state index in [0.29, 0.717) is 12.3 Å². The number of alkyl halides is 3. The van der Waals surface area contributed by atoms with Gasteiger partial charge < -0.3 is 15.7 Å². The lowest BCUT2D eigenvalue weighted by molar-refractivity contribution is -0.137. The van der Waals surface area contributed by atoms with Gasteiger partial charge in [0.05, 0.1) is 5.56 Å². The number of hydrogen-bond acceptors (Lipinski definition) is 4. The standard InChI is InChI=1S/C12H12F3N3O3/c13-12(14,15)8-1-2-9(18-7-8)16-5-6-17-10(19)3-4-11(20)21/h1-4,7H,5-6H2,(H,16,18)(H,17,19)(H,20,21). The Labute approximate surface area is 117 Å². The van der Waals surface area contributed by atoms with Gasteiger partial charge in [0.1, 0.15) is 5.82 Å². The lowest BCUT2D eigenvalue weighted by Crippen LogP contribution is -2.27. The van der Waals surface area contributed by atoms with Crippen molar-refractivity contribution >= 4 is 17.7 Å². The summed E-state index contributed by atoms with van der Waals surface area (Å²) in [4.78, 5) is 24.8. The third kappa shape index (κ3) is 6.41. The van der Waals surface area contributed by atoms with Gasteiger partial charge in [-0.05, 0) is 12.1 Å². The number of aromatic nitrogens is 1. The molecule has 0 fully saturated rings. The van der Waals surface area contributed by atoms with Crippen LogP contribution in [0.1, 0.15) is 5.56 Å². The van der Waals surface area contributed by atoms with E-state index in [1.54, 1.807) is 0 Å². The lowest BCUT2D eigenvalue weighted by atomic mass is 10.3. The Bertz CT molecular complexity index is 527. The maximum Gasteiger partial charge on any atom is 0.417 e. The van der Waals surface area contributed by atoms with Crippen LogP contribution >= 0.6 is 0 Å². The summed E-state index contributed by atoms with van der Waals surface area (Å²) in [5.41, 5.74) is -0.847. The summed E-state index contributed by atoms with van der Waals surface area (Å²) in [5.74, 6) is -1.59. The minimum Gasteiger partial charge on any atom is -0.478 e. The molecule has 0 atom stereocenters. The summed E-state index contributed by atoms with van der Waals surface area (Å²) in [6, 6.07) is 2.07. The molecule has 1 aromatic rings. The number of nitrogens with zero attached hydrogens (tertiary/aromatic N) is 1. The summed E-state index contributed by atoms with van der Waals surface area (Å²) in [5, 5.41) is 13.4. The SMILES string of the molecule is O=C(O)C=CC(=O)NCCNc1ccc(C(F)(F)F)cn1. The molecular formula is C12H12F3N3O3. The number of carboxylic acid groups (broad SMARTS) is 1. The number of carbonyl (C=O) groups is 2. The van der Waals surface area contributed by atoms with Gasteiger partial charge in [-0.25, -0.2) is 9.78 Å². The van der Waals surface area contributed by atoms with Crippen molar-refractivity contribution in [1.82, 2.24) is 10.3 Å². The zero-order chi connectivity index (χ0) is 15.9. The smallest absolute Gasteiger partial charge is 0.417 e. The van der Waals surface area contributed by atoms with Gasteiger partial charge in [-0.15, -0.1) is 0 Å². The molecule has 0 unspecified atom stereocenters. The molecule has 1 rings (SSSR count). The summed E-state index contributed by atoms with van der Waals surface area (Å²) in [6.07, 6.45) is -2.18. The molecule has 1 heterocycles. The van der Waals surface area contributed by atoms with Crippen LogP contribution in [0.25, 0.3) is 0 Å². The van der Waals surface area contributed by atoms with Gasteiger partial charge in [-0.3, -0.25) is 4.79 Å². The molecule has 0 saturated heterocycles. The molecule has 114 valence electrons. The minimum atomic E-state index is -4.43. The van der Waals surface area contributed by atoms with E-state index in [1.807, 2.05) is 0 Å². The van der Waals surface area contributed by atoms with E-state index in [-0.39, 0.29) is 18.9 Å². The molecule has 21 heavy (non-hydrogen) atoms. The number of rotatable bonds is 6. The van der Waals surface area contributed by atoms with Crippen molar-refractivity contribution in [3.63, 3.8) is 0 Å². The highest BCUT2D eigenvalue weighted by atomic mass is 19.4. The highest BCUT2D eigenvalue weighted by Crippen LogP contribution is 2.28. The molecule has 9 heteroatoms. The first-order valence-electron chi connectivity index (χ1n) is 5.75. The first-order chi connectivity index (χ1) is 9.79. The molecule has 0 aromatic carbocycles. The van der Waals surface area contributed by atoms with Crippen molar-refractivity contribution in [2.24, 2.45) is 0 Å². The van der Waals surface area contributed by atoms with Crippen molar-refractivity contribution in [2.75, 3.05) is 18.4 Å². The van der Waals surface area contributed by atoms with Crippen molar-refractivity contribution in [1.29, 1.82) is 0 Å². The Hall–Kier alpha value is -2.58. The monoisotopic (exact) mass is 303 g/mol. The van der Waals surface area contributed by atoms with E-state index in [2.05, 4.69) is 15.6 Å². The molecule has 0 radical (unpaired) electrons. The number of carboxylic acids is 1. The zero-order valence-corrected chi connectivity index (χ0v) is 10.6. The molecule has 0 aliphatic rings. The number of hydrogen-bond donors (Lipinski definition) is 3. The third-order valence-electron chi connectivity index (χ3n) is 2.20. The van der Waals surface area contributed by atoms with E-state index in [4.69, 9.17) is 5.11 Å². The van der Waals surface area contributed by atoms with E-state index < -0.39 is 23.6 Å². The molecule has 6 nitrogen and oxygen atoms in total. The highest BCUT2D eigenvalue weighted by molar-refractivity contribution is 5.93. The van der Waals surface area contributed by atoms with Crippen LogP contribution in [0.4, 0.5) is 19.0 Å². The van der Waals surface area contributed by atoms with Crippen molar-refractivity contribution < 1.29 is 27.9 Å². The molecule has 0 aliphatic carbocycles. The predicted molar refractivity (Wildman–Crippen MR) is 67.5 cm³/mol. The third-order valence-corrected chi connectivity index (χ3v) is 2.20. The quantitative estimate of drug-likeness (QED) is 0.544. The van der Waals surface area contributed by atoms with Crippen LogP contribution in [-0.2, 0) is 15.8 Å². The zero-order valence-electron chi connectivity index (χ0n) is 10.6. The van der Waals surface area contributed by atoms with Crippen LogP contribution in [0.2, 0.25) is 0 Å². The summed E-state index contributed by atoms with van der Waals surface area (Å²) in [7, 11) is 0. The minimum absolute atomic E-state index is 0.158. The fraction of sp³-hybridized carbons (Fsp3) is 0.250. The number of nitrogens with one attached hydrogen (secondary N) is 2. The number of amides is 1. The van der Waals surface area contributed by atoms with Crippen molar-refractivity contribution in [2.45, 2.75) is 6.18 Å². The second-order valence-corrected chi connectivity index (χ2v) is 3.82. The van der Waals surface area contributed by atoms with E-state index in [1.165, 1.54) is 6.07 Å². The van der Waals surface area contributed by atoms with Gasteiger partial charge in [-0.1, -0.05) is 0 Å². The molecule has 0 bridgehead atoms. The topological polar surface area (TPSA) is 91.3 Å². The summed E-state index contributed by atoms with van der Waals surface area (Å²) >= 11 is 0. The van der Waals surface area contributed by atoms with Gasteiger partial charge >= 0.3 is 12.1 Å². The Morgan fingerprint density at radius 3 is 2.48 bits per heavy atom. The van der Waals surface area contributed by atoms with Crippen molar-refractivity contribution in [3.8, 4) is 0 Å². The fourth-order valence-electron chi connectivity index (χ4n) is 1.25. The second-order valence-electron chi connectivity index (χ2n) is 3.82. The van der Waals surface area contributed by atoms with E-state index in [9.17, 15) is 22.8 Å². The summed E-state index contributed by atoms with van der Waals surface area (Å²) in [6.45, 7) is 0.385. The number of carbonyl (C=O) groups excluding carboxylic acids is 1. The summed E-state index contributed by atoms with van der Waals surface area (Å²) < 4.78 is 36.9. The largest absolute Gasteiger partial charge is 0.478 e. The maximum absolute atomic E-state index is 12.3. The van der Waals surface area contributed by atoms with Crippen LogP contribution in [0, 0.1) is 0 Å². The normalized spacial score (nSPS) is 11.4. The van der Waals surface area contributed by atoms with E-state index in [0.717, 1.165) is 12.1 Å². The Balaban J connectivity index is 2.33. The number of pyridine rings is 1. The van der Waals surface area contributed by atoms with Gasteiger partial charge in [-0.2, -0.15) is 13.2 Å². The average Bonchev–Trinajstić information content (AvgIpc) is 2.41. The van der Waals surface area contributed by atoms with Gasteiger partial charge in [0.25, 0.3) is 0 Å². The molecule has 0 saturated carbocycles. The van der Waals surface area contributed by atoms with Crippen LogP contribution in [0.5, 0.6) is 0 Å². The van der Waals surface area contributed by atoms with Crippen LogP contribution in [0.15, 0.2) is 30.5 Å². The Morgan fingerprint density at radius 2 is 1.95 bits per heavy atom. The molecule has 0 spiro atoms. The fourth-order valence-corrected chi connectivity index (χ4v) is 1.25.